The molecule has 0 saturated carbocycles. The van der Waals surface area contributed by atoms with Crippen LogP contribution in [0.15, 0.2) is 24.5 Å². The maximum absolute atomic E-state index is 8.02. The van der Waals surface area contributed by atoms with Gasteiger partial charge in [-0.15, -0.1) is 0 Å². The average Bonchev–Trinajstić information content (AvgIpc) is 2.18. The summed E-state index contributed by atoms with van der Waals surface area (Å²) in [7, 11) is 0. The van der Waals surface area contributed by atoms with Gasteiger partial charge in [-0.3, -0.25) is 0 Å². The molecular formula is C11H20O. The Morgan fingerprint density at radius 3 is 2.00 bits per heavy atom. The van der Waals surface area contributed by atoms with Crippen LogP contribution in [0, 0.1) is 0 Å². The van der Waals surface area contributed by atoms with Crippen LogP contribution in [0.3, 0.4) is 0 Å². The van der Waals surface area contributed by atoms with Crippen LogP contribution in [0.4, 0.5) is 0 Å². The smallest absolute Gasteiger partial charge is 0.0751 e. The second kappa shape index (κ2) is 10.3. The van der Waals surface area contributed by atoms with E-state index in [2.05, 4.69) is 19.1 Å². The first-order valence-corrected chi connectivity index (χ1v) is 4.86. The van der Waals surface area contributed by atoms with E-state index in [9.17, 15) is 0 Å². The van der Waals surface area contributed by atoms with Gasteiger partial charge in [-0.25, -0.2) is 0 Å². The van der Waals surface area contributed by atoms with E-state index in [1.807, 2.05) is 0 Å². The molecular weight excluding hydrogens is 148 g/mol. The van der Waals surface area contributed by atoms with Gasteiger partial charge in [0.2, 0.25) is 0 Å². The van der Waals surface area contributed by atoms with Crippen molar-refractivity contribution in [2.75, 3.05) is 0 Å². The molecule has 0 fully saturated rings. The van der Waals surface area contributed by atoms with Crippen molar-refractivity contribution in [1.29, 1.82) is 0 Å². The third-order valence-corrected chi connectivity index (χ3v) is 1.72. The fourth-order valence-corrected chi connectivity index (χ4v) is 1.00. The van der Waals surface area contributed by atoms with Crippen LogP contribution in [0.2, 0.25) is 0 Å². The Morgan fingerprint density at radius 1 is 1.25 bits per heavy atom. The predicted octanol–water partition coefficient (Wildman–Crippen LogP) is 3.97. The van der Waals surface area contributed by atoms with Crippen LogP contribution in [-0.2, 0) is 0 Å². The minimum Gasteiger partial charge on any atom is -0.516 e. The number of hydrogen-bond acceptors (Lipinski definition) is 1. The molecule has 1 N–H and O–H groups in total. The summed E-state index contributed by atoms with van der Waals surface area (Å²) in [5, 5.41) is 8.02. The summed E-state index contributed by atoms with van der Waals surface area (Å²) in [6.45, 7) is 2.07. The lowest BCUT2D eigenvalue weighted by Gasteiger charge is -1.97. The molecule has 0 aromatic carbocycles. The van der Waals surface area contributed by atoms with Crippen molar-refractivity contribution in [3.63, 3.8) is 0 Å². The molecule has 0 unspecified atom stereocenters. The number of hydrogen-bond donors (Lipinski definition) is 1. The Balaban J connectivity index is 0.000000202. The second-order valence-corrected chi connectivity index (χ2v) is 2.93. The molecule has 1 nitrogen and oxygen atoms in total. The molecule has 1 aliphatic carbocycles. The molecule has 1 aliphatic rings. The predicted molar refractivity (Wildman–Crippen MR) is 54.3 cm³/mol. The summed E-state index contributed by atoms with van der Waals surface area (Å²) in [5.41, 5.74) is 0. The summed E-state index contributed by atoms with van der Waals surface area (Å²) in [6.07, 6.45) is 14.9. The summed E-state index contributed by atoms with van der Waals surface area (Å²) in [4.78, 5) is 0. The Hall–Kier alpha value is -0.720. The molecule has 1 rings (SSSR count). The largest absolute Gasteiger partial charge is 0.516 e. The summed E-state index contributed by atoms with van der Waals surface area (Å²) < 4.78 is 0. The summed E-state index contributed by atoms with van der Waals surface area (Å²) >= 11 is 0. The van der Waals surface area contributed by atoms with E-state index in [0.29, 0.717) is 0 Å². The Labute approximate surface area is 75.8 Å². The molecule has 0 aromatic rings. The summed E-state index contributed by atoms with van der Waals surface area (Å²) in [6, 6.07) is 0. The highest BCUT2D eigenvalue weighted by Gasteiger charge is 1.87. The van der Waals surface area contributed by atoms with Gasteiger partial charge in [0.05, 0.1) is 6.26 Å². The second-order valence-electron chi connectivity index (χ2n) is 2.93. The van der Waals surface area contributed by atoms with Gasteiger partial charge in [-0.2, -0.15) is 0 Å². The zero-order valence-corrected chi connectivity index (χ0v) is 8.00. The Kier molecular flexibility index (Phi) is 9.66. The van der Waals surface area contributed by atoms with Crippen molar-refractivity contribution < 1.29 is 5.11 Å². The minimum absolute atomic E-state index is 0.983. The van der Waals surface area contributed by atoms with Crippen LogP contribution in [0.1, 0.15) is 45.4 Å². The van der Waals surface area contributed by atoms with E-state index >= 15 is 0 Å². The van der Waals surface area contributed by atoms with Gasteiger partial charge in [0.15, 0.2) is 0 Å². The number of rotatable bonds is 2. The highest BCUT2D eigenvalue weighted by molar-refractivity contribution is 4.85. The van der Waals surface area contributed by atoms with E-state index in [1.54, 1.807) is 6.08 Å². The topological polar surface area (TPSA) is 20.2 Å². The molecule has 0 aliphatic heterocycles. The molecule has 0 radical (unpaired) electrons. The van der Waals surface area contributed by atoms with Crippen LogP contribution in [0.25, 0.3) is 0 Å². The molecule has 0 amide bonds. The van der Waals surface area contributed by atoms with Crippen LogP contribution in [0.5, 0.6) is 0 Å². The molecule has 0 bridgehead atoms. The van der Waals surface area contributed by atoms with E-state index in [4.69, 9.17) is 5.11 Å². The quantitative estimate of drug-likeness (QED) is 0.488. The monoisotopic (exact) mass is 168 g/mol. The van der Waals surface area contributed by atoms with Crippen molar-refractivity contribution in [3.05, 3.63) is 24.5 Å². The molecule has 70 valence electrons. The fourth-order valence-electron chi connectivity index (χ4n) is 1.00. The minimum atomic E-state index is 0.983. The average molecular weight is 168 g/mol. The van der Waals surface area contributed by atoms with Crippen molar-refractivity contribution in [1.82, 2.24) is 0 Å². The summed E-state index contributed by atoms with van der Waals surface area (Å²) in [5.74, 6) is 0. The zero-order chi connectivity index (χ0) is 9.07. The van der Waals surface area contributed by atoms with Crippen molar-refractivity contribution in [2.45, 2.75) is 45.4 Å². The van der Waals surface area contributed by atoms with E-state index < -0.39 is 0 Å². The van der Waals surface area contributed by atoms with Gasteiger partial charge < -0.3 is 5.11 Å². The zero-order valence-electron chi connectivity index (χ0n) is 8.00. The third kappa shape index (κ3) is 9.28. The third-order valence-electron chi connectivity index (χ3n) is 1.72. The maximum Gasteiger partial charge on any atom is 0.0751 e. The van der Waals surface area contributed by atoms with Crippen LogP contribution < -0.4 is 0 Å². The maximum atomic E-state index is 8.02. The first-order valence-electron chi connectivity index (χ1n) is 4.86. The molecule has 0 saturated heterocycles. The Morgan fingerprint density at radius 2 is 1.83 bits per heavy atom. The van der Waals surface area contributed by atoms with Crippen molar-refractivity contribution in [2.24, 2.45) is 0 Å². The van der Waals surface area contributed by atoms with Gasteiger partial charge in [0.1, 0.15) is 0 Å². The van der Waals surface area contributed by atoms with Crippen molar-refractivity contribution in [3.8, 4) is 0 Å². The standard InChI is InChI=1S/C6H10.C5H10O/c1-2-4-6-5-3-1;1-2-3-4-5-6/h1-2H,3-6H2;4-6H,2-3H2,1H3. The van der Waals surface area contributed by atoms with Gasteiger partial charge >= 0.3 is 0 Å². The lowest BCUT2D eigenvalue weighted by Crippen LogP contribution is -1.77. The van der Waals surface area contributed by atoms with E-state index in [0.717, 1.165) is 19.1 Å². The van der Waals surface area contributed by atoms with Gasteiger partial charge in [-0.05, 0) is 32.1 Å². The normalized spacial score (nSPS) is 15.8. The van der Waals surface area contributed by atoms with Gasteiger partial charge in [0, 0.05) is 0 Å². The number of unbranched alkanes of at least 4 members (excludes halogenated alkanes) is 1. The SMILES string of the molecule is C1=CCCCC1.CCCC=CO. The van der Waals surface area contributed by atoms with E-state index in [1.165, 1.54) is 25.7 Å². The molecule has 0 spiro atoms. The molecule has 0 heterocycles. The lowest BCUT2D eigenvalue weighted by molar-refractivity contribution is 0.470. The Bertz CT molecular complexity index is 117. The van der Waals surface area contributed by atoms with Gasteiger partial charge in [-0.1, -0.05) is 31.6 Å². The molecule has 0 aromatic heterocycles. The number of allylic oxidation sites excluding steroid dienone is 3. The van der Waals surface area contributed by atoms with Gasteiger partial charge in [0.25, 0.3) is 0 Å². The highest BCUT2D eigenvalue weighted by atomic mass is 16.2. The highest BCUT2D eigenvalue weighted by Crippen LogP contribution is 2.07. The van der Waals surface area contributed by atoms with Crippen LogP contribution in [-0.4, -0.2) is 5.11 Å². The molecule has 0 atom stereocenters. The lowest BCUT2D eigenvalue weighted by atomic mass is 10.1. The number of aliphatic hydroxyl groups is 1. The first kappa shape index (κ1) is 11.3. The first-order chi connectivity index (χ1) is 5.91. The van der Waals surface area contributed by atoms with Crippen LogP contribution >= 0.6 is 0 Å². The fraction of sp³-hybridized carbons (Fsp3) is 0.636. The molecule has 1 heteroatoms. The van der Waals surface area contributed by atoms with E-state index in [-0.39, 0.29) is 0 Å². The number of aliphatic hydroxyl groups excluding tert-OH is 1. The van der Waals surface area contributed by atoms with Crippen molar-refractivity contribution >= 4 is 0 Å². The molecule has 12 heavy (non-hydrogen) atoms.